The summed E-state index contributed by atoms with van der Waals surface area (Å²) in [6.45, 7) is 16.3. The topological polar surface area (TPSA) is 93.9 Å². The Bertz CT molecular complexity index is 730. The monoisotopic (exact) mass is 1010 g/mol. The van der Waals surface area contributed by atoms with E-state index in [0.29, 0.717) is 47.2 Å². The van der Waals surface area contributed by atoms with Gasteiger partial charge >= 0.3 is 0 Å². The molecule has 8 nitrogen and oxygen atoms in total. The Hall–Kier alpha value is -0.658. The molecule has 0 aromatic heterocycles. The molecule has 1 radical (unpaired) electrons. The number of hydrogen-bond donors (Lipinski definition) is 4. The van der Waals surface area contributed by atoms with Crippen LogP contribution in [0, 0.1) is 46.3 Å². The molecule has 6 fully saturated rings. The van der Waals surface area contributed by atoms with E-state index in [2.05, 4.69) is 75.0 Å². The molecule has 4 aliphatic heterocycles. The van der Waals surface area contributed by atoms with Gasteiger partial charge in [-0.15, -0.1) is 6.54 Å². The van der Waals surface area contributed by atoms with Crippen molar-refractivity contribution in [3.63, 3.8) is 0 Å². The van der Waals surface area contributed by atoms with Crippen molar-refractivity contribution in [3.8, 4) is 0 Å². The van der Waals surface area contributed by atoms with Crippen molar-refractivity contribution in [2.75, 3.05) is 100 Å². The van der Waals surface area contributed by atoms with E-state index >= 15 is 0 Å². The normalized spacial score (nSPS) is 33.4. The van der Waals surface area contributed by atoms with Gasteiger partial charge in [0.1, 0.15) is 0 Å². The first-order valence-electron chi connectivity index (χ1n) is 15.4. The molecule has 5 unspecified atom stereocenters. The summed E-state index contributed by atoms with van der Waals surface area (Å²) < 4.78 is 0. The Labute approximate surface area is 259 Å². The molecule has 2 aliphatic carbocycles. The second kappa shape index (κ2) is 15.9. The number of likely N-dealkylation sites (tertiary alicyclic amines) is 4. The van der Waals surface area contributed by atoms with Crippen LogP contribution in [0.5, 0.6) is 0 Å². The van der Waals surface area contributed by atoms with Crippen LogP contribution in [0.2, 0.25) is 0 Å². The molecule has 6 rings (SSSR count). The van der Waals surface area contributed by atoms with Crippen LogP contribution in [0.1, 0.15) is 46.5 Å². The van der Waals surface area contributed by atoms with Crippen molar-refractivity contribution >= 4 is 0 Å². The summed E-state index contributed by atoms with van der Waals surface area (Å²) >= 11 is 0. The Morgan fingerprint density at radius 3 is 1.54 bits per heavy atom. The molecular weight excluding hydrogens is 946 g/mol. The minimum Gasteiger partial charge on any atom is -0.396 e. The number of hydrogen-bond acceptors (Lipinski definition) is 8. The van der Waals surface area contributed by atoms with E-state index in [9.17, 15) is 5.11 Å². The van der Waals surface area contributed by atoms with Crippen molar-refractivity contribution < 1.29 is 40.8 Å². The van der Waals surface area contributed by atoms with E-state index in [1.807, 2.05) is 0 Å². The van der Waals surface area contributed by atoms with Gasteiger partial charge in [0.25, 0.3) is 0 Å². The molecule has 5 atom stereocenters. The molecule has 4 N–H and O–H groups in total. The fourth-order valence-corrected chi connectivity index (χ4v) is 7.69. The first-order valence-corrected chi connectivity index (χ1v) is 15.4. The van der Waals surface area contributed by atoms with E-state index in [0.717, 1.165) is 38.6 Å². The molecule has 0 aromatic carbocycles. The first-order chi connectivity index (χ1) is 18.3. The summed E-state index contributed by atoms with van der Waals surface area (Å²) in [5.41, 5.74) is 1.24. The van der Waals surface area contributed by atoms with Gasteiger partial charge < -0.3 is 46.4 Å². The van der Waals surface area contributed by atoms with Gasteiger partial charge in [-0.05, 0) is 76.7 Å². The molecule has 6 aliphatic rings. The number of aliphatic hydroxyl groups is 4. The molecule has 41 heavy (non-hydrogen) atoms. The van der Waals surface area contributed by atoms with Crippen LogP contribution < -0.4 is 0 Å². The predicted molar refractivity (Wildman–Crippen MR) is 158 cm³/mol. The average Bonchev–Trinajstić information content (AvgIpc) is 3.67. The summed E-state index contributed by atoms with van der Waals surface area (Å²) in [4.78, 5) is 9.20. The maximum atomic E-state index is 9.57. The molecule has 2 saturated carbocycles. The van der Waals surface area contributed by atoms with Crippen molar-refractivity contribution in [2.24, 2.45) is 39.9 Å². The Morgan fingerprint density at radius 1 is 0.732 bits per heavy atom. The summed E-state index contributed by atoms with van der Waals surface area (Å²) in [7, 11) is 8.50. The number of aliphatic hydroxyl groups excluding tert-OH is 4. The molecule has 2 spiro atoms. The van der Waals surface area contributed by atoms with Crippen molar-refractivity contribution in [2.45, 2.75) is 52.6 Å². The Kier molecular flexibility index (Phi) is 14.9. The van der Waals surface area contributed by atoms with E-state index in [4.69, 9.17) is 15.3 Å². The molecule has 0 amide bonds. The molecule has 10 heteroatoms. The van der Waals surface area contributed by atoms with Gasteiger partial charge in [-0.25, -0.2) is 0 Å². The first kappa shape index (κ1) is 38.4. The zero-order chi connectivity index (χ0) is 29.0. The van der Waals surface area contributed by atoms with Crippen molar-refractivity contribution in [3.05, 3.63) is 6.42 Å². The van der Waals surface area contributed by atoms with Crippen LogP contribution in [0.25, 0.3) is 0 Å². The number of rotatable bonds is 4. The second-order valence-corrected chi connectivity index (χ2v) is 14.9. The third kappa shape index (κ3) is 10.2. The van der Waals surface area contributed by atoms with Gasteiger partial charge in [0.15, 0.2) is 0 Å². The van der Waals surface area contributed by atoms with Crippen LogP contribution in [-0.2, 0) is 20.4 Å². The smallest absolute Gasteiger partial charge is 0.0817 e. The maximum Gasteiger partial charge on any atom is 0.0817 e. The molecule has 4 heterocycles. The molecule has 239 valence electrons. The average molecular weight is 1010 g/mol. The van der Waals surface area contributed by atoms with E-state index in [1.54, 1.807) is 0 Å². The molecule has 0 aromatic rings. The predicted octanol–water partition coefficient (Wildman–Crippen LogP) is 1.34. The fourth-order valence-electron chi connectivity index (χ4n) is 7.69. The van der Waals surface area contributed by atoms with Crippen LogP contribution >= 0.6 is 0 Å². The van der Waals surface area contributed by atoms with Crippen LogP contribution in [0.3, 0.4) is 0 Å². The van der Waals surface area contributed by atoms with Gasteiger partial charge in [0, 0.05) is 90.7 Å². The zero-order valence-corrected chi connectivity index (χ0v) is 36.3. The minimum atomic E-state index is -0.502. The minimum absolute atomic E-state index is 0. The summed E-state index contributed by atoms with van der Waals surface area (Å²) in [6, 6.07) is 0. The van der Waals surface area contributed by atoms with Crippen molar-refractivity contribution in [1.29, 1.82) is 0 Å². The van der Waals surface area contributed by atoms with Gasteiger partial charge in [0.05, 0.1) is 12.7 Å². The Balaban J connectivity index is 0.000000273. The third-order valence-electron chi connectivity index (χ3n) is 10.5. The molecular formula is C31H61N4O4ReRf-. The fraction of sp³-hybridized carbons (Fsp3) is 0.968. The SMILES string of the molecule is CC1[CH-]CN(C)C1.CN1CC(C(O)CO)C2(CC2)C1.CN1CC(CO)C(C)(C)C1.CN1CC(CO)C2(CC2)C1.[Re].[Rf]. The maximum absolute atomic E-state index is 9.57. The van der Waals surface area contributed by atoms with Crippen LogP contribution in [-0.4, -0.2) is 146 Å². The molecule has 4 saturated heterocycles. The zero-order valence-electron chi connectivity index (χ0n) is 27.2. The van der Waals surface area contributed by atoms with Crippen molar-refractivity contribution in [1.82, 2.24) is 19.6 Å². The van der Waals surface area contributed by atoms with Gasteiger partial charge in [-0.3, -0.25) is 0 Å². The summed E-state index contributed by atoms with van der Waals surface area (Å²) in [5, 5.41) is 36.5. The largest absolute Gasteiger partial charge is 0.396 e. The second-order valence-electron chi connectivity index (χ2n) is 14.9. The quantitative estimate of drug-likeness (QED) is 0.315. The van der Waals surface area contributed by atoms with E-state index in [1.165, 1.54) is 45.3 Å². The van der Waals surface area contributed by atoms with Gasteiger partial charge in [-0.1, -0.05) is 20.8 Å². The molecule has 0 bridgehead atoms. The van der Waals surface area contributed by atoms with Crippen LogP contribution in [0.4, 0.5) is 0 Å². The third-order valence-corrected chi connectivity index (χ3v) is 10.5. The Morgan fingerprint density at radius 2 is 1.22 bits per heavy atom. The van der Waals surface area contributed by atoms with Gasteiger partial charge in [0.2, 0.25) is 0 Å². The standard InChI is InChI=1S/C9H17NO2.C8H15NO.C8H17NO.C6H12N.Re.Rf/c1-10-4-7(8(12)5-11)9(6-10)2-3-9;1-9-4-7(5-10)8(6-9)2-3-8;1-8(2)6-9(3)4-7(8)5-10;1-6-3-4-7(2)5-6;;/h7-8,11-12H,2-6H2,1H3;7,10H,2-6H2,1H3;7,10H,4-6H2,1-3H3;3,6H,4-5H2,1-2H3;;/q;;;-1;;. The van der Waals surface area contributed by atoms with Gasteiger partial charge in [-0.2, -0.15) is 5.92 Å². The summed E-state index contributed by atoms with van der Waals surface area (Å²) in [5.74, 6) is 2.19. The van der Waals surface area contributed by atoms with Crippen LogP contribution in [0.15, 0.2) is 0 Å². The summed E-state index contributed by atoms with van der Waals surface area (Å²) in [6.07, 6.45) is 7.01. The van der Waals surface area contributed by atoms with E-state index < -0.39 is 6.10 Å². The van der Waals surface area contributed by atoms with E-state index in [-0.39, 0.29) is 27.0 Å². The number of nitrogens with zero attached hydrogens (tertiary/aromatic N) is 4.